The van der Waals surface area contributed by atoms with Gasteiger partial charge in [0.15, 0.2) is 0 Å². The zero-order valence-electron chi connectivity index (χ0n) is 10.3. The summed E-state index contributed by atoms with van der Waals surface area (Å²) in [5, 5.41) is 20.2. The van der Waals surface area contributed by atoms with E-state index in [1.807, 2.05) is 0 Å². The lowest BCUT2D eigenvalue weighted by Gasteiger charge is -2.42. The normalized spacial score (nSPS) is 24.7. The Labute approximate surface area is 104 Å². The molecule has 102 valence electrons. The summed E-state index contributed by atoms with van der Waals surface area (Å²) in [5.74, 6) is -1.42. The molecule has 1 aliphatic rings. The highest BCUT2D eigenvalue weighted by Gasteiger charge is 2.38. The van der Waals surface area contributed by atoms with E-state index in [1.54, 1.807) is 6.92 Å². The maximum atomic E-state index is 11.7. The number of rotatable bonds is 3. The number of carbonyl (C=O) groups is 3. The zero-order valence-corrected chi connectivity index (χ0v) is 10.3. The van der Waals surface area contributed by atoms with Crippen LogP contribution in [0.5, 0.6) is 0 Å². The summed E-state index contributed by atoms with van der Waals surface area (Å²) >= 11 is 0. The number of amides is 2. The zero-order chi connectivity index (χ0) is 13.9. The van der Waals surface area contributed by atoms with Crippen molar-refractivity contribution in [1.82, 2.24) is 15.1 Å². The molecule has 0 bridgehead atoms. The van der Waals surface area contributed by atoms with Crippen molar-refractivity contribution in [2.45, 2.75) is 19.0 Å². The molecule has 1 fully saturated rings. The Hall–Kier alpha value is -1.83. The van der Waals surface area contributed by atoms with Crippen LogP contribution in [0.4, 0.5) is 4.79 Å². The minimum atomic E-state index is -1.11. The van der Waals surface area contributed by atoms with Crippen LogP contribution in [0, 0.1) is 0 Å². The van der Waals surface area contributed by atoms with E-state index in [4.69, 9.17) is 10.2 Å². The number of carboxylic acids is 1. The molecule has 1 aliphatic heterocycles. The molecule has 2 amide bonds. The Bertz CT molecular complexity index is 359. The van der Waals surface area contributed by atoms with Crippen LogP contribution in [-0.4, -0.2) is 76.7 Å². The minimum absolute atomic E-state index is 0.0244. The third-order valence-electron chi connectivity index (χ3n) is 2.97. The number of piperazine rings is 1. The molecule has 8 heteroatoms. The van der Waals surface area contributed by atoms with Crippen LogP contribution in [-0.2, 0) is 9.59 Å². The summed E-state index contributed by atoms with van der Waals surface area (Å²) in [5.41, 5.74) is 0. The van der Waals surface area contributed by atoms with E-state index in [0.29, 0.717) is 0 Å². The SMILES string of the molecule is CNC(=O)[C@H]1CN(C(=O)O)[C@H](C)CN1CC(=O)O. The van der Waals surface area contributed by atoms with Crippen molar-refractivity contribution in [3.8, 4) is 0 Å². The monoisotopic (exact) mass is 259 g/mol. The highest BCUT2D eigenvalue weighted by molar-refractivity contribution is 5.83. The number of hydrogen-bond acceptors (Lipinski definition) is 4. The Morgan fingerprint density at radius 3 is 2.33 bits per heavy atom. The lowest BCUT2D eigenvalue weighted by molar-refractivity contribution is -0.141. The lowest BCUT2D eigenvalue weighted by atomic mass is 10.1. The fourth-order valence-corrected chi connectivity index (χ4v) is 2.08. The van der Waals surface area contributed by atoms with Gasteiger partial charge in [0.25, 0.3) is 0 Å². The van der Waals surface area contributed by atoms with Gasteiger partial charge in [-0.05, 0) is 6.92 Å². The first-order valence-electron chi connectivity index (χ1n) is 5.53. The summed E-state index contributed by atoms with van der Waals surface area (Å²) in [6.07, 6.45) is -1.11. The molecule has 0 aromatic carbocycles. The standard InChI is InChI=1S/C10H17N3O5/c1-6-3-12(5-8(14)15)7(9(16)11-2)4-13(6)10(17)18/h6-7H,3-5H2,1-2H3,(H,11,16)(H,14,15)(H,17,18)/t6-,7-/m1/s1. The van der Waals surface area contributed by atoms with Crippen LogP contribution in [0.1, 0.15) is 6.92 Å². The summed E-state index contributed by atoms with van der Waals surface area (Å²) in [6, 6.07) is -1.11. The van der Waals surface area contributed by atoms with Gasteiger partial charge in [0.2, 0.25) is 5.91 Å². The molecule has 0 aromatic rings. The van der Waals surface area contributed by atoms with Gasteiger partial charge < -0.3 is 20.4 Å². The molecule has 0 unspecified atom stereocenters. The van der Waals surface area contributed by atoms with Crippen molar-refractivity contribution in [3.05, 3.63) is 0 Å². The quantitative estimate of drug-likeness (QED) is 0.591. The number of carboxylic acid groups (broad SMARTS) is 2. The van der Waals surface area contributed by atoms with Crippen molar-refractivity contribution in [2.75, 3.05) is 26.7 Å². The Balaban J connectivity index is 2.87. The lowest BCUT2D eigenvalue weighted by Crippen LogP contribution is -2.63. The van der Waals surface area contributed by atoms with Gasteiger partial charge in [-0.1, -0.05) is 0 Å². The van der Waals surface area contributed by atoms with Gasteiger partial charge in [-0.3, -0.25) is 14.5 Å². The number of aliphatic carboxylic acids is 1. The molecule has 1 rings (SSSR count). The van der Waals surface area contributed by atoms with Crippen LogP contribution < -0.4 is 5.32 Å². The van der Waals surface area contributed by atoms with Crippen molar-refractivity contribution >= 4 is 18.0 Å². The number of nitrogens with zero attached hydrogens (tertiary/aromatic N) is 2. The molecule has 3 N–H and O–H groups in total. The highest BCUT2D eigenvalue weighted by atomic mass is 16.4. The van der Waals surface area contributed by atoms with Crippen molar-refractivity contribution in [2.24, 2.45) is 0 Å². The van der Waals surface area contributed by atoms with Crippen molar-refractivity contribution < 1.29 is 24.6 Å². The Morgan fingerprint density at radius 1 is 1.28 bits per heavy atom. The third-order valence-corrected chi connectivity index (χ3v) is 2.97. The molecule has 0 aliphatic carbocycles. The molecule has 0 spiro atoms. The van der Waals surface area contributed by atoms with Crippen LogP contribution in [0.2, 0.25) is 0 Å². The summed E-state index contributed by atoms with van der Waals surface area (Å²) in [7, 11) is 1.43. The van der Waals surface area contributed by atoms with Crippen molar-refractivity contribution in [1.29, 1.82) is 0 Å². The summed E-state index contributed by atoms with van der Waals surface area (Å²) < 4.78 is 0. The second-order valence-corrected chi connectivity index (χ2v) is 4.24. The van der Waals surface area contributed by atoms with Crippen LogP contribution in [0.25, 0.3) is 0 Å². The van der Waals surface area contributed by atoms with Crippen LogP contribution in [0.15, 0.2) is 0 Å². The number of likely N-dealkylation sites (N-methyl/N-ethyl adjacent to an activating group) is 1. The average molecular weight is 259 g/mol. The molecule has 8 nitrogen and oxygen atoms in total. The molecular weight excluding hydrogens is 242 g/mol. The fraction of sp³-hybridized carbons (Fsp3) is 0.700. The molecular formula is C10H17N3O5. The smallest absolute Gasteiger partial charge is 0.407 e. The first-order valence-corrected chi connectivity index (χ1v) is 5.53. The van der Waals surface area contributed by atoms with Crippen molar-refractivity contribution in [3.63, 3.8) is 0 Å². The van der Waals surface area contributed by atoms with Crippen LogP contribution >= 0.6 is 0 Å². The largest absolute Gasteiger partial charge is 0.480 e. The highest BCUT2D eigenvalue weighted by Crippen LogP contribution is 2.15. The molecule has 1 saturated heterocycles. The minimum Gasteiger partial charge on any atom is -0.480 e. The molecule has 0 radical (unpaired) electrons. The van der Waals surface area contributed by atoms with E-state index >= 15 is 0 Å². The van der Waals surface area contributed by atoms with Gasteiger partial charge in [-0.2, -0.15) is 0 Å². The number of carbonyl (C=O) groups excluding carboxylic acids is 1. The number of hydrogen-bond donors (Lipinski definition) is 3. The molecule has 2 atom stereocenters. The Kier molecular flexibility index (Phi) is 4.49. The average Bonchev–Trinajstić information content (AvgIpc) is 2.27. The van der Waals surface area contributed by atoms with Gasteiger partial charge in [0.1, 0.15) is 6.04 Å². The van der Waals surface area contributed by atoms with E-state index < -0.39 is 18.1 Å². The first-order chi connectivity index (χ1) is 8.36. The van der Waals surface area contributed by atoms with E-state index in [2.05, 4.69) is 5.32 Å². The van der Waals surface area contributed by atoms with E-state index in [0.717, 1.165) is 4.90 Å². The Morgan fingerprint density at radius 2 is 1.89 bits per heavy atom. The van der Waals surface area contributed by atoms with E-state index in [9.17, 15) is 14.4 Å². The fourth-order valence-electron chi connectivity index (χ4n) is 2.08. The van der Waals surface area contributed by atoms with Gasteiger partial charge in [0.05, 0.1) is 6.54 Å². The van der Waals surface area contributed by atoms with Gasteiger partial charge in [-0.25, -0.2) is 4.79 Å². The predicted octanol–water partition coefficient (Wildman–Crippen LogP) is -1.13. The second kappa shape index (κ2) is 5.67. The maximum absolute atomic E-state index is 11.7. The van der Waals surface area contributed by atoms with E-state index in [-0.39, 0.29) is 31.6 Å². The topological polar surface area (TPSA) is 110 Å². The molecule has 0 aromatic heterocycles. The number of nitrogens with one attached hydrogen (secondary N) is 1. The molecule has 18 heavy (non-hydrogen) atoms. The maximum Gasteiger partial charge on any atom is 0.407 e. The molecule has 0 saturated carbocycles. The summed E-state index contributed by atoms with van der Waals surface area (Å²) in [6.45, 7) is 1.60. The second-order valence-electron chi connectivity index (χ2n) is 4.24. The summed E-state index contributed by atoms with van der Waals surface area (Å²) in [4.78, 5) is 36.0. The van der Waals surface area contributed by atoms with Gasteiger partial charge >= 0.3 is 12.1 Å². The molecule has 1 heterocycles. The van der Waals surface area contributed by atoms with Crippen LogP contribution in [0.3, 0.4) is 0 Å². The third kappa shape index (κ3) is 3.10. The van der Waals surface area contributed by atoms with Gasteiger partial charge in [0, 0.05) is 26.2 Å². The van der Waals surface area contributed by atoms with E-state index in [1.165, 1.54) is 11.9 Å². The first kappa shape index (κ1) is 14.2. The predicted molar refractivity (Wildman–Crippen MR) is 61.3 cm³/mol. The van der Waals surface area contributed by atoms with Gasteiger partial charge in [-0.15, -0.1) is 0 Å².